The van der Waals surface area contributed by atoms with E-state index in [0.29, 0.717) is 5.02 Å². The highest BCUT2D eigenvalue weighted by Crippen LogP contribution is 2.29. The molecule has 4 aromatic rings. The molecule has 1 aromatic heterocycles. The smallest absolute Gasteiger partial charge is 0.187 e. The van der Waals surface area contributed by atoms with E-state index in [-0.39, 0.29) is 0 Å². The number of hydrogen-bond acceptors (Lipinski definition) is 4. The summed E-state index contributed by atoms with van der Waals surface area (Å²) in [6, 6.07) is 26.5. The Balaban J connectivity index is 1.49. The van der Waals surface area contributed by atoms with E-state index < -0.39 is 0 Å². The first kappa shape index (κ1) is 17.2. The lowest BCUT2D eigenvalue weighted by molar-refractivity contribution is 0.762. The van der Waals surface area contributed by atoms with Crippen LogP contribution >= 0.6 is 23.4 Å². The van der Waals surface area contributed by atoms with Crippen molar-refractivity contribution in [3.63, 3.8) is 0 Å². The summed E-state index contributed by atoms with van der Waals surface area (Å²) in [5.41, 5.74) is 5.45. The Morgan fingerprint density at radius 3 is 2.11 bits per heavy atom. The zero-order valence-electron chi connectivity index (χ0n) is 14.8. The third-order valence-corrected chi connectivity index (χ3v) is 5.78. The molecule has 28 heavy (non-hydrogen) atoms. The van der Waals surface area contributed by atoms with Gasteiger partial charge in [0.1, 0.15) is 0 Å². The third-order valence-electron chi connectivity index (χ3n) is 4.60. The summed E-state index contributed by atoms with van der Waals surface area (Å²) in [5.74, 6) is 1.49. The Morgan fingerprint density at radius 2 is 1.36 bits per heavy atom. The van der Waals surface area contributed by atoms with E-state index in [0.717, 1.165) is 33.6 Å². The van der Waals surface area contributed by atoms with E-state index in [4.69, 9.17) is 16.7 Å². The predicted molar refractivity (Wildman–Crippen MR) is 115 cm³/mol. The summed E-state index contributed by atoms with van der Waals surface area (Å²) < 4.78 is 1.82. The molecule has 0 aliphatic carbocycles. The number of aromatic nitrogens is 3. The van der Waals surface area contributed by atoms with Gasteiger partial charge in [-0.1, -0.05) is 78.0 Å². The quantitative estimate of drug-likeness (QED) is 0.446. The highest BCUT2D eigenvalue weighted by atomic mass is 35.5. The van der Waals surface area contributed by atoms with Crippen LogP contribution in [-0.2, 0) is 0 Å². The maximum absolute atomic E-state index is 6.00. The lowest BCUT2D eigenvalue weighted by Crippen LogP contribution is -2.13. The van der Waals surface area contributed by atoms with E-state index in [9.17, 15) is 0 Å². The maximum Gasteiger partial charge on any atom is 0.212 e. The molecule has 0 radical (unpaired) electrons. The standard InChI is InChI=1S/C22H15ClN4S/c23-19-12-10-18(11-13-19)21-24-25-22-27(21)26-20(14-28-22)17-8-6-16(7-9-17)15-4-2-1-3-5-15/h1-13H,14H2. The molecular weight excluding hydrogens is 388 g/mol. The van der Waals surface area contributed by atoms with Crippen LogP contribution in [0.15, 0.2) is 89.1 Å². The molecule has 0 saturated carbocycles. The highest BCUT2D eigenvalue weighted by molar-refractivity contribution is 7.99. The predicted octanol–water partition coefficient (Wildman–Crippen LogP) is 5.62. The zero-order valence-corrected chi connectivity index (χ0v) is 16.4. The Hall–Kier alpha value is -2.89. The molecule has 0 unspecified atom stereocenters. The van der Waals surface area contributed by atoms with Crippen molar-refractivity contribution in [2.45, 2.75) is 5.16 Å². The fraction of sp³-hybridized carbons (Fsp3) is 0.0455. The minimum absolute atomic E-state index is 0.694. The summed E-state index contributed by atoms with van der Waals surface area (Å²) in [6.45, 7) is 0. The van der Waals surface area contributed by atoms with Crippen molar-refractivity contribution < 1.29 is 0 Å². The second-order valence-corrected chi connectivity index (χ2v) is 7.78. The van der Waals surface area contributed by atoms with E-state index in [1.54, 1.807) is 11.8 Å². The van der Waals surface area contributed by atoms with Gasteiger partial charge in [0.25, 0.3) is 0 Å². The molecule has 3 aromatic carbocycles. The average Bonchev–Trinajstić information content (AvgIpc) is 3.18. The van der Waals surface area contributed by atoms with Crippen molar-refractivity contribution in [1.29, 1.82) is 0 Å². The lowest BCUT2D eigenvalue weighted by atomic mass is 10.0. The van der Waals surface area contributed by atoms with Crippen LogP contribution in [0.1, 0.15) is 5.56 Å². The van der Waals surface area contributed by atoms with Crippen molar-refractivity contribution >= 4 is 29.1 Å². The van der Waals surface area contributed by atoms with Gasteiger partial charge in [-0.3, -0.25) is 0 Å². The minimum Gasteiger partial charge on any atom is -0.187 e. The minimum atomic E-state index is 0.694. The van der Waals surface area contributed by atoms with Crippen molar-refractivity contribution in [3.8, 4) is 22.5 Å². The molecule has 0 amide bonds. The number of fused-ring (bicyclic) bond motifs is 1. The number of halogens is 1. The zero-order chi connectivity index (χ0) is 18.9. The second-order valence-electron chi connectivity index (χ2n) is 6.40. The molecular formula is C22H15ClN4S. The lowest BCUT2D eigenvalue weighted by Gasteiger charge is -2.14. The monoisotopic (exact) mass is 402 g/mol. The van der Waals surface area contributed by atoms with Crippen molar-refractivity contribution in [3.05, 3.63) is 89.4 Å². The summed E-state index contributed by atoms with van der Waals surface area (Å²) in [7, 11) is 0. The largest absolute Gasteiger partial charge is 0.212 e. The van der Waals surface area contributed by atoms with Gasteiger partial charge in [-0.05, 0) is 41.0 Å². The molecule has 4 nitrogen and oxygen atoms in total. The SMILES string of the molecule is Clc1ccc(-c2nnc3n2N=C(c2ccc(-c4ccccc4)cc2)CS3)cc1. The fourth-order valence-electron chi connectivity index (χ4n) is 3.13. The Bertz CT molecular complexity index is 1150. The first-order valence-electron chi connectivity index (χ1n) is 8.86. The van der Waals surface area contributed by atoms with Gasteiger partial charge in [0.15, 0.2) is 5.82 Å². The molecule has 136 valence electrons. The van der Waals surface area contributed by atoms with Crippen molar-refractivity contribution in [2.24, 2.45) is 5.10 Å². The summed E-state index contributed by atoms with van der Waals surface area (Å²) >= 11 is 7.65. The van der Waals surface area contributed by atoms with Gasteiger partial charge in [0.2, 0.25) is 5.16 Å². The molecule has 0 saturated heterocycles. The first-order chi connectivity index (χ1) is 13.8. The third kappa shape index (κ3) is 3.23. The molecule has 0 N–H and O–H groups in total. The first-order valence-corrected chi connectivity index (χ1v) is 10.2. The molecule has 0 bridgehead atoms. The van der Waals surface area contributed by atoms with Gasteiger partial charge in [0, 0.05) is 16.3 Å². The van der Waals surface area contributed by atoms with Crippen LogP contribution < -0.4 is 0 Å². The van der Waals surface area contributed by atoms with E-state index >= 15 is 0 Å². The number of rotatable bonds is 3. The van der Waals surface area contributed by atoms with Crippen LogP contribution in [0.3, 0.4) is 0 Å². The van der Waals surface area contributed by atoms with Crippen LogP contribution in [0.2, 0.25) is 5.02 Å². The fourth-order valence-corrected chi connectivity index (χ4v) is 4.10. The number of thioether (sulfide) groups is 1. The summed E-state index contributed by atoms with van der Waals surface area (Å²) in [5, 5.41) is 14.9. The molecule has 5 rings (SSSR count). The van der Waals surface area contributed by atoms with Gasteiger partial charge >= 0.3 is 0 Å². The van der Waals surface area contributed by atoms with Gasteiger partial charge in [-0.15, -0.1) is 10.2 Å². The topological polar surface area (TPSA) is 43.1 Å². The Morgan fingerprint density at radius 1 is 0.714 bits per heavy atom. The van der Waals surface area contributed by atoms with Gasteiger partial charge in [-0.25, -0.2) is 0 Å². The number of benzene rings is 3. The van der Waals surface area contributed by atoms with E-state index in [1.165, 1.54) is 11.1 Å². The van der Waals surface area contributed by atoms with Gasteiger partial charge < -0.3 is 0 Å². The van der Waals surface area contributed by atoms with Crippen LogP contribution in [0, 0.1) is 0 Å². The van der Waals surface area contributed by atoms with Gasteiger partial charge in [-0.2, -0.15) is 9.78 Å². The van der Waals surface area contributed by atoms with Gasteiger partial charge in [0.05, 0.1) is 5.71 Å². The summed E-state index contributed by atoms with van der Waals surface area (Å²) in [4.78, 5) is 0. The number of nitrogens with zero attached hydrogens (tertiary/aromatic N) is 4. The van der Waals surface area contributed by atoms with Crippen LogP contribution in [-0.4, -0.2) is 26.3 Å². The Labute approximate surface area is 171 Å². The van der Waals surface area contributed by atoms with Crippen LogP contribution in [0.25, 0.3) is 22.5 Å². The van der Waals surface area contributed by atoms with E-state index in [2.05, 4.69) is 58.7 Å². The average molecular weight is 403 g/mol. The summed E-state index contributed by atoms with van der Waals surface area (Å²) in [6.07, 6.45) is 0. The molecule has 2 heterocycles. The molecule has 0 fully saturated rings. The second kappa shape index (κ2) is 7.26. The van der Waals surface area contributed by atoms with Crippen LogP contribution in [0.4, 0.5) is 0 Å². The normalized spacial score (nSPS) is 13.1. The van der Waals surface area contributed by atoms with E-state index in [1.807, 2.05) is 35.0 Å². The molecule has 0 atom stereocenters. The number of hydrogen-bond donors (Lipinski definition) is 0. The maximum atomic E-state index is 6.00. The van der Waals surface area contributed by atoms with Crippen molar-refractivity contribution in [2.75, 3.05) is 5.75 Å². The van der Waals surface area contributed by atoms with Crippen LogP contribution in [0.5, 0.6) is 0 Å². The highest BCUT2D eigenvalue weighted by Gasteiger charge is 2.20. The molecule has 1 aliphatic rings. The molecule has 0 spiro atoms. The van der Waals surface area contributed by atoms with Crippen molar-refractivity contribution in [1.82, 2.24) is 14.9 Å². The molecule has 1 aliphatic heterocycles. The molecule has 6 heteroatoms. The Kier molecular flexibility index (Phi) is 4.47.